The highest BCUT2D eigenvalue weighted by molar-refractivity contribution is 6.31. The smallest absolute Gasteiger partial charge is 0.338 e. The fourth-order valence-electron chi connectivity index (χ4n) is 4.22. The lowest BCUT2D eigenvalue weighted by atomic mass is 9.95. The highest BCUT2D eigenvalue weighted by Crippen LogP contribution is 2.32. The summed E-state index contributed by atoms with van der Waals surface area (Å²) in [6, 6.07) is 14.1. The second kappa shape index (κ2) is 10.1. The number of piperazine rings is 1. The normalized spacial score (nSPS) is 19.1. The predicted molar refractivity (Wildman–Crippen MR) is 127 cm³/mol. The van der Waals surface area contributed by atoms with Gasteiger partial charge in [0, 0.05) is 49.1 Å². The van der Waals surface area contributed by atoms with Crippen LogP contribution in [0, 0.1) is 0 Å². The van der Waals surface area contributed by atoms with Gasteiger partial charge in [0.05, 0.1) is 25.8 Å². The molecule has 1 saturated heterocycles. The molecule has 2 aromatic carbocycles. The number of halogens is 1. The number of benzene rings is 2. The lowest BCUT2D eigenvalue weighted by Crippen LogP contribution is -2.51. The van der Waals surface area contributed by atoms with Crippen LogP contribution in [0.2, 0.25) is 5.02 Å². The van der Waals surface area contributed by atoms with Crippen LogP contribution in [-0.2, 0) is 9.53 Å². The van der Waals surface area contributed by atoms with E-state index in [1.807, 2.05) is 30.3 Å². The van der Waals surface area contributed by atoms with E-state index in [4.69, 9.17) is 21.1 Å². The number of nitrogens with zero attached hydrogens (tertiary/aromatic N) is 2. The van der Waals surface area contributed by atoms with Gasteiger partial charge in [-0.1, -0.05) is 29.8 Å². The van der Waals surface area contributed by atoms with Crippen LogP contribution in [0.1, 0.15) is 11.6 Å². The maximum Gasteiger partial charge on any atom is 0.338 e. The van der Waals surface area contributed by atoms with Gasteiger partial charge in [-0.25, -0.2) is 9.59 Å². The lowest BCUT2D eigenvalue weighted by Gasteiger charge is -2.38. The van der Waals surface area contributed by atoms with Gasteiger partial charge in [-0.05, 0) is 35.9 Å². The number of carbonyl (C=O) groups excluding carboxylic acids is 2. The van der Waals surface area contributed by atoms with Gasteiger partial charge in [0.2, 0.25) is 0 Å². The molecule has 1 fully saturated rings. The van der Waals surface area contributed by atoms with Crippen LogP contribution >= 0.6 is 11.6 Å². The molecule has 33 heavy (non-hydrogen) atoms. The Hall–Kier alpha value is -3.23. The van der Waals surface area contributed by atoms with Crippen molar-refractivity contribution >= 4 is 29.3 Å². The number of anilines is 1. The van der Waals surface area contributed by atoms with Crippen LogP contribution < -0.4 is 20.3 Å². The van der Waals surface area contributed by atoms with Crippen LogP contribution in [0.15, 0.2) is 59.8 Å². The number of hydrogen-bond acceptors (Lipinski definition) is 6. The van der Waals surface area contributed by atoms with Gasteiger partial charge in [-0.2, -0.15) is 0 Å². The minimum atomic E-state index is -0.685. The topological polar surface area (TPSA) is 83.1 Å². The number of ether oxygens (including phenoxy) is 2. The summed E-state index contributed by atoms with van der Waals surface area (Å²) in [6.45, 7) is 3.64. The Morgan fingerprint density at radius 2 is 1.76 bits per heavy atom. The number of nitrogens with one attached hydrogen (secondary N) is 2. The molecule has 2 aromatic rings. The fourth-order valence-corrected chi connectivity index (χ4v) is 4.46. The van der Waals surface area contributed by atoms with E-state index in [9.17, 15) is 9.59 Å². The van der Waals surface area contributed by atoms with E-state index in [2.05, 4.69) is 20.4 Å². The number of amides is 2. The maximum absolute atomic E-state index is 12.8. The molecular formula is C24H27ClN4O4. The quantitative estimate of drug-likeness (QED) is 0.632. The fraction of sp³-hybridized carbons (Fsp3) is 0.333. The monoisotopic (exact) mass is 470 g/mol. The zero-order valence-corrected chi connectivity index (χ0v) is 19.4. The summed E-state index contributed by atoms with van der Waals surface area (Å²) in [4.78, 5) is 29.7. The molecule has 1 unspecified atom stereocenters. The molecule has 0 bridgehead atoms. The summed E-state index contributed by atoms with van der Waals surface area (Å²) < 4.78 is 10.3. The number of methoxy groups -OCH3 is 2. The van der Waals surface area contributed by atoms with Crippen molar-refractivity contribution in [3.8, 4) is 5.75 Å². The predicted octanol–water partition coefficient (Wildman–Crippen LogP) is 2.95. The lowest BCUT2D eigenvalue weighted by molar-refractivity contribution is -0.136. The van der Waals surface area contributed by atoms with Crippen LogP contribution in [-0.4, -0.2) is 63.8 Å². The first-order chi connectivity index (χ1) is 16.0. The van der Waals surface area contributed by atoms with E-state index in [1.165, 1.54) is 7.11 Å². The van der Waals surface area contributed by atoms with E-state index < -0.39 is 12.0 Å². The highest BCUT2D eigenvalue weighted by Gasteiger charge is 2.35. The van der Waals surface area contributed by atoms with Crippen LogP contribution in [0.3, 0.4) is 0 Å². The van der Waals surface area contributed by atoms with Crippen molar-refractivity contribution in [3.05, 3.63) is 70.4 Å². The summed E-state index contributed by atoms with van der Waals surface area (Å²) in [5.74, 6) is 0.327. The van der Waals surface area contributed by atoms with Crippen LogP contribution in [0.5, 0.6) is 5.75 Å². The van der Waals surface area contributed by atoms with Gasteiger partial charge < -0.3 is 25.0 Å². The largest absolute Gasteiger partial charge is 0.497 e. The molecule has 0 saturated carbocycles. The zero-order valence-electron chi connectivity index (χ0n) is 18.6. The van der Waals surface area contributed by atoms with Gasteiger partial charge in [-0.15, -0.1) is 0 Å². The molecule has 2 amide bonds. The van der Waals surface area contributed by atoms with E-state index in [1.54, 1.807) is 25.3 Å². The Labute approximate surface area is 198 Å². The summed E-state index contributed by atoms with van der Waals surface area (Å²) in [5.41, 5.74) is 2.69. The van der Waals surface area contributed by atoms with Crippen molar-refractivity contribution < 1.29 is 19.1 Å². The molecule has 8 nitrogen and oxygen atoms in total. The van der Waals surface area contributed by atoms with E-state index >= 15 is 0 Å². The Kier molecular flexibility index (Phi) is 7.05. The van der Waals surface area contributed by atoms with Crippen molar-refractivity contribution in [3.63, 3.8) is 0 Å². The second-order valence-corrected chi connectivity index (χ2v) is 8.31. The molecule has 2 heterocycles. The molecule has 9 heteroatoms. The minimum Gasteiger partial charge on any atom is -0.497 e. The van der Waals surface area contributed by atoms with Crippen molar-refractivity contribution in [1.29, 1.82) is 0 Å². The number of rotatable bonds is 6. The summed E-state index contributed by atoms with van der Waals surface area (Å²) in [7, 11) is 2.99. The first kappa shape index (κ1) is 22.9. The van der Waals surface area contributed by atoms with Crippen LogP contribution in [0.4, 0.5) is 10.5 Å². The third kappa shape index (κ3) is 5.07. The summed E-state index contributed by atoms with van der Waals surface area (Å²) in [6.07, 6.45) is 0. The third-order valence-electron chi connectivity index (χ3n) is 5.97. The Morgan fingerprint density at radius 3 is 2.39 bits per heavy atom. The second-order valence-electron chi connectivity index (χ2n) is 7.90. The molecule has 2 N–H and O–H groups in total. The summed E-state index contributed by atoms with van der Waals surface area (Å²) in [5, 5.41) is 6.10. The minimum absolute atomic E-state index is 0.364. The average molecular weight is 471 g/mol. The SMILES string of the molecule is COC(=O)C1=C(CN2CCN(c3ccc(OC)cc3)CC2)NC(=O)NC1c1ccccc1Cl. The van der Waals surface area contributed by atoms with Crippen molar-refractivity contribution in [1.82, 2.24) is 15.5 Å². The standard InChI is InChI=1S/C24H27ClN4O4/c1-32-17-9-7-16(8-10-17)29-13-11-28(12-14-29)15-20-21(23(30)33-2)22(27-24(31)26-20)18-5-3-4-6-19(18)25/h3-10,22H,11-15H2,1-2H3,(H2,26,27,31). The van der Waals surface area contributed by atoms with Crippen molar-refractivity contribution in [2.24, 2.45) is 0 Å². The zero-order chi connectivity index (χ0) is 23.4. The molecule has 0 spiro atoms. The highest BCUT2D eigenvalue weighted by atomic mass is 35.5. The first-order valence-corrected chi connectivity index (χ1v) is 11.1. The number of carbonyl (C=O) groups is 2. The molecule has 4 rings (SSSR count). The van der Waals surface area contributed by atoms with Gasteiger partial charge in [0.15, 0.2) is 0 Å². The molecular weight excluding hydrogens is 444 g/mol. The molecule has 2 aliphatic rings. The molecule has 0 aromatic heterocycles. The maximum atomic E-state index is 12.8. The van der Waals surface area contributed by atoms with E-state index in [0.29, 0.717) is 28.4 Å². The van der Waals surface area contributed by atoms with Gasteiger partial charge >= 0.3 is 12.0 Å². The van der Waals surface area contributed by atoms with E-state index in [0.717, 1.165) is 37.6 Å². The van der Waals surface area contributed by atoms with Gasteiger partial charge in [0.1, 0.15) is 5.75 Å². The van der Waals surface area contributed by atoms with Gasteiger partial charge in [-0.3, -0.25) is 4.90 Å². The van der Waals surface area contributed by atoms with Gasteiger partial charge in [0.25, 0.3) is 0 Å². The number of esters is 1. The van der Waals surface area contributed by atoms with Crippen molar-refractivity contribution in [2.45, 2.75) is 6.04 Å². The number of hydrogen-bond donors (Lipinski definition) is 2. The molecule has 2 aliphatic heterocycles. The Balaban J connectivity index is 1.53. The van der Waals surface area contributed by atoms with Crippen LogP contribution in [0.25, 0.3) is 0 Å². The molecule has 0 aliphatic carbocycles. The molecule has 174 valence electrons. The van der Waals surface area contributed by atoms with E-state index in [-0.39, 0.29) is 6.03 Å². The third-order valence-corrected chi connectivity index (χ3v) is 6.31. The molecule has 1 atom stereocenters. The molecule has 0 radical (unpaired) electrons. The Bertz CT molecular complexity index is 1050. The van der Waals surface area contributed by atoms with Crippen molar-refractivity contribution in [2.75, 3.05) is 51.8 Å². The first-order valence-electron chi connectivity index (χ1n) is 10.7. The summed E-state index contributed by atoms with van der Waals surface area (Å²) >= 11 is 6.38. The Morgan fingerprint density at radius 1 is 1.06 bits per heavy atom. The number of urea groups is 1. The average Bonchev–Trinajstić information content (AvgIpc) is 2.84.